The van der Waals surface area contributed by atoms with E-state index in [9.17, 15) is 5.11 Å². The van der Waals surface area contributed by atoms with Crippen LogP contribution in [0.2, 0.25) is 0 Å². The summed E-state index contributed by atoms with van der Waals surface area (Å²) in [6.07, 6.45) is 9.58. The molecule has 16 heteroatoms. The molecule has 1 saturated carbocycles. The standard InChI is InChI=1S/C14H18N6O.C9H12N6O3/c15-14-18-12(17-9-2-3-9)11-13(19-14)20(7-16-11)10-4-1-8(5-10)6-21;10-7-6-8(14-9(11)13-7)15(3-12-6)4-2-17-5(1-16)18-4/h1,4,7-10,21H,2-3,5-6H2,(H3,15,17,18,19);3-5,16H,1-2H2,(H4,10,11,13,14)/t8-,10+;4-,5-/m11/s1. The van der Waals surface area contributed by atoms with Crippen LogP contribution in [0, 0.1) is 5.92 Å². The van der Waals surface area contributed by atoms with E-state index in [2.05, 4.69) is 41.3 Å². The average molecular weight is 539 g/mol. The normalized spacial score (nSPS) is 24.4. The second-order valence-corrected chi connectivity index (χ2v) is 9.63. The molecule has 4 atom stereocenters. The fraction of sp³-hybridized carbons (Fsp3) is 0.478. The average Bonchev–Trinajstić information content (AvgIpc) is 3.36. The molecule has 3 aliphatic rings. The van der Waals surface area contributed by atoms with Crippen LogP contribution in [0.4, 0.5) is 23.5 Å². The molecule has 0 amide bonds. The second kappa shape index (κ2) is 10.2. The van der Waals surface area contributed by atoms with Crippen LogP contribution in [0.15, 0.2) is 24.8 Å². The number of rotatable bonds is 6. The number of fused-ring (bicyclic) bond motifs is 2. The van der Waals surface area contributed by atoms with Gasteiger partial charge in [0.05, 0.1) is 31.9 Å². The number of aliphatic hydroxyl groups excluding tert-OH is 2. The lowest BCUT2D eigenvalue weighted by Gasteiger charge is -2.13. The minimum absolute atomic E-state index is 0.0689. The number of aromatic nitrogens is 8. The molecule has 4 aromatic rings. The Hall–Kier alpha value is -4.12. The first-order chi connectivity index (χ1) is 18.9. The number of allylic oxidation sites excluding steroid dienone is 1. The summed E-state index contributed by atoms with van der Waals surface area (Å²) >= 11 is 0. The first kappa shape index (κ1) is 25.2. The molecule has 0 spiro atoms. The third-order valence-corrected chi connectivity index (χ3v) is 6.76. The SMILES string of the molecule is Nc1nc(N)c2ncn([C@H]3CO[C@@H](CO)O3)c2n1.Nc1nc(NC2CC2)c2ncn([C@H]3C=C[C@@H](CO)C3)c2n1. The zero-order chi connectivity index (χ0) is 27.1. The maximum absolute atomic E-state index is 9.26. The first-order valence-electron chi connectivity index (χ1n) is 12.6. The summed E-state index contributed by atoms with van der Waals surface area (Å²) in [5.74, 6) is 1.47. The van der Waals surface area contributed by atoms with Gasteiger partial charge in [0.1, 0.15) is 5.52 Å². The number of nitrogens with two attached hydrogens (primary N) is 3. The quantitative estimate of drug-likeness (QED) is 0.176. The minimum atomic E-state index is -0.635. The molecule has 5 heterocycles. The zero-order valence-corrected chi connectivity index (χ0v) is 21.0. The number of nitrogens with one attached hydrogen (secondary N) is 1. The summed E-state index contributed by atoms with van der Waals surface area (Å²) in [7, 11) is 0. The lowest BCUT2D eigenvalue weighted by atomic mass is 10.1. The van der Waals surface area contributed by atoms with Crippen molar-refractivity contribution in [1.29, 1.82) is 0 Å². The summed E-state index contributed by atoms with van der Waals surface area (Å²) in [5.41, 5.74) is 19.5. The molecule has 0 radical (unpaired) electrons. The fourth-order valence-electron chi connectivity index (χ4n) is 4.64. The highest BCUT2D eigenvalue weighted by Crippen LogP contribution is 2.33. The number of hydrogen-bond donors (Lipinski definition) is 6. The predicted molar refractivity (Wildman–Crippen MR) is 141 cm³/mol. The molecule has 2 fully saturated rings. The van der Waals surface area contributed by atoms with Crippen LogP contribution in [0.5, 0.6) is 0 Å². The van der Waals surface area contributed by atoms with Crippen molar-refractivity contribution in [2.75, 3.05) is 42.3 Å². The monoisotopic (exact) mass is 538 g/mol. The summed E-state index contributed by atoms with van der Waals surface area (Å²) in [5, 5.41) is 21.6. The number of ether oxygens (including phenoxy) is 2. The number of anilines is 4. The van der Waals surface area contributed by atoms with Crippen molar-refractivity contribution in [2.24, 2.45) is 5.92 Å². The van der Waals surface area contributed by atoms with E-state index in [0.717, 1.165) is 36.2 Å². The van der Waals surface area contributed by atoms with Crippen molar-refractivity contribution < 1.29 is 19.7 Å². The van der Waals surface area contributed by atoms with E-state index in [1.54, 1.807) is 10.9 Å². The third-order valence-electron chi connectivity index (χ3n) is 6.76. The molecule has 39 heavy (non-hydrogen) atoms. The van der Waals surface area contributed by atoms with E-state index < -0.39 is 12.5 Å². The van der Waals surface area contributed by atoms with Gasteiger partial charge in [-0.2, -0.15) is 19.9 Å². The van der Waals surface area contributed by atoms with E-state index in [0.29, 0.717) is 23.8 Å². The van der Waals surface area contributed by atoms with E-state index in [1.165, 1.54) is 6.33 Å². The van der Waals surface area contributed by atoms with Crippen molar-refractivity contribution in [3.63, 3.8) is 0 Å². The summed E-state index contributed by atoms with van der Waals surface area (Å²) in [4.78, 5) is 25.1. The van der Waals surface area contributed by atoms with Gasteiger partial charge in [0.2, 0.25) is 11.9 Å². The number of nitrogen functional groups attached to an aromatic ring is 3. The Kier molecular flexibility index (Phi) is 6.59. The van der Waals surface area contributed by atoms with Gasteiger partial charge in [-0.25, -0.2) is 9.97 Å². The lowest BCUT2D eigenvalue weighted by Crippen LogP contribution is -2.15. The molecule has 206 valence electrons. The van der Waals surface area contributed by atoms with Crippen molar-refractivity contribution in [2.45, 2.75) is 43.9 Å². The van der Waals surface area contributed by atoms with Crippen LogP contribution < -0.4 is 22.5 Å². The van der Waals surface area contributed by atoms with Gasteiger partial charge in [0.15, 0.2) is 41.0 Å². The maximum atomic E-state index is 9.26. The van der Waals surface area contributed by atoms with Crippen LogP contribution in [0.1, 0.15) is 31.5 Å². The highest BCUT2D eigenvalue weighted by atomic mass is 16.7. The Morgan fingerprint density at radius 2 is 1.62 bits per heavy atom. The van der Waals surface area contributed by atoms with Gasteiger partial charge < -0.3 is 46.8 Å². The fourth-order valence-corrected chi connectivity index (χ4v) is 4.64. The van der Waals surface area contributed by atoms with Gasteiger partial charge in [-0.15, -0.1) is 0 Å². The smallest absolute Gasteiger partial charge is 0.224 e. The van der Waals surface area contributed by atoms with Crippen LogP contribution >= 0.6 is 0 Å². The van der Waals surface area contributed by atoms with Crippen LogP contribution in [-0.2, 0) is 9.47 Å². The van der Waals surface area contributed by atoms with Crippen molar-refractivity contribution in [3.8, 4) is 0 Å². The number of hydrogen-bond acceptors (Lipinski definition) is 14. The van der Waals surface area contributed by atoms with Crippen LogP contribution in [0.25, 0.3) is 22.3 Å². The van der Waals surface area contributed by atoms with Gasteiger partial charge in [-0.1, -0.05) is 12.2 Å². The van der Waals surface area contributed by atoms with E-state index in [1.807, 2.05) is 10.6 Å². The largest absolute Gasteiger partial charge is 0.396 e. The molecule has 1 aliphatic heterocycles. The van der Waals surface area contributed by atoms with Gasteiger partial charge in [-0.3, -0.25) is 4.57 Å². The summed E-state index contributed by atoms with van der Waals surface area (Å²) < 4.78 is 14.3. The number of nitrogens with zero attached hydrogens (tertiary/aromatic N) is 8. The summed E-state index contributed by atoms with van der Waals surface area (Å²) in [6.45, 7) is 0.258. The molecule has 9 N–H and O–H groups in total. The number of imidazole rings is 2. The zero-order valence-electron chi connectivity index (χ0n) is 21.0. The molecule has 7 rings (SSSR count). The molecule has 16 nitrogen and oxygen atoms in total. The molecule has 4 aromatic heterocycles. The molecule has 2 aliphatic carbocycles. The van der Waals surface area contributed by atoms with Crippen LogP contribution in [-0.4, -0.2) is 81.4 Å². The lowest BCUT2D eigenvalue weighted by molar-refractivity contribution is -0.0980. The van der Waals surface area contributed by atoms with Crippen molar-refractivity contribution in [1.82, 2.24) is 39.0 Å². The Bertz CT molecular complexity index is 1520. The van der Waals surface area contributed by atoms with E-state index >= 15 is 0 Å². The highest BCUT2D eigenvalue weighted by Gasteiger charge is 2.29. The Balaban J connectivity index is 0.000000144. The molecule has 0 aromatic carbocycles. The van der Waals surface area contributed by atoms with Gasteiger partial charge in [0.25, 0.3) is 0 Å². The molecule has 0 bridgehead atoms. The second-order valence-electron chi connectivity index (χ2n) is 9.63. The van der Waals surface area contributed by atoms with Crippen LogP contribution in [0.3, 0.4) is 0 Å². The topological polar surface area (TPSA) is 236 Å². The van der Waals surface area contributed by atoms with E-state index in [-0.39, 0.29) is 42.9 Å². The van der Waals surface area contributed by atoms with Crippen molar-refractivity contribution >= 4 is 45.9 Å². The number of aliphatic hydroxyl groups is 2. The molecular weight excluding hydrogens is 508 g/mol. The van der Waals surface area contributed by atoms with Gasteiger partial charge in [-0.05, 0) is 19.3 Å². The Labute approximate surface area is 221 Å². The molecule has 1 saturated heterocycles. The highest BCUT2D eigenvalue weighted by molar-refractivity contribution is 5.84. The molecular formula is C23H30N12O4. The Morgan fingerprint density at radius 3 is 2.31 bits per heavy atom. The minimum Gasteiger partial charge on any atom is -0.396 e. The first-order valence-corrected chi connectivity index (χ1v) is 12.6. The van der Waals surface area contributed by atoms with Crippen molar-refractivity contribution in [3.05, 3.63) is 24.8 Å². The maximum Gasteiger partial charge on any atom is 0.224 e. The predicted octanol–water partition coefficient (Wildman–Crippen LogP) is -0.0532. The third kappa shape index (κ3) is 5.01. The summed E-state index contributed by atoms with van der Waals surface area (Å²) in [6, 6.07) is 0.646. The van der Waals surface area contributed by atoms with E-state index in [4.69, 9.17) is 31.8 Å². The molecule has 0 unspecified atom stereocenters. The Morgan fingerprint density at radius 1 is 0.897 bits per heavy atom. The van der Waals surface area contributed by atoms with Gasteiger partial charge >= 0.3 is 0 Å². The van der Waals surface area contributed by atoms with Gasteiger partial charge in [0, 0.05) is 18.6 Å².